The molecule has 0 aromatic carbocycles. The van der Waals surface area contributed by atoms with E-state index >= 15 is 0 Å². The van der Waals surface area contributed by atoms with Crippen LogP contribution >= 0.6 is 0 Å². The van der Waals surface area contributed by atoms with Crippen molar-refractivity contribution in [1.82, 2.24) is 20.1 Å². The number of aromatic nitrogens is 1. The van der Waals surface area contributed by atoms with E-state index in [0.717, 1.165) is 5.56 Å². The molecule has 4 rings (SSSR count). The second kappa shape index (κ2) is 5.52. The van der Waals surface area contributed by atoms with E-state index in [9.17, 15) is 9.59 Å². The Morgan fingerprint density at radius 3 is 2.92 bits per heavy atom. The molecule has 24 heavy (non-hydrogen) atoms. The van der Waals surface area contributed by atoms with Crippen LogP contribution in [0, 0.1) is 0 Å². The first-order valence-corrected chi connectivity index (χ1v) is 7.64. The normalized spacial score (nSPS) is 20.5. The molecule has 1 unspecified atom stereocenters. The van der Waals surface area contributed by atoms with Crippen molar-refractivity contribution >= 4 is 11.9 Å². The fourth-order valence-corrected chi connectivity index (χ4v) is 3.13. The van der Waals surface area contributed by atoms with Gasteiger partial charge in [-0.3, -0.25) is 14.7 Å². The molecule has 2 aliphatic rings. The smallest absolute Gasteiger partial charge is 0.322 e. The van der Waals surface area contributed by atoms with Gasteiger partial charge in [0.25, 0.3) is 5.91 Å². The predicted octanol–water partition coefficient (Wildman–Crippen LogP) is 1.67. The minimum atomic E-state index is -0.551. The number of nitrogens with one attached hydrogen (secondary N) is 1. The third-order valence-electron chi connectivity index (χ3n) is 4.36. The van der Waals surface area contributed by atoms with Crippen molar-refractivity contribution in [3.63, 3.8) is 0 Å². The Hall–Kier alpha value is -3.09. The number of carbonyl (C=O) groups excluding carboxylic acids is 2. The lowest BCUT2D eigenvalue weighted by Gasteiger charge is -2.29. The number of amides is 3. The third-order valence-corrected chi connectivity index (χ3v) is 4.36. The first-order valence-electron chi connectivity index (χ1n) is 7.64. The van der Waals surface area contributed by atoms with E-state index in [-0.39, 0.29) is 11.9 Å². The molecule has 1 atom stereocenters. The molecule has 0 saturated heterocycles. The van der Waals surface area contributed by atoms with Gasteiger partial charge in [-0.15, -0.1) is 0 Å². The minimum absolute atomic E-state index is 0.0953. The lowest BCUT2D eigenvalue weighted by molar-refractivity contribution is -0.126. The van der Waals surface area contributed by atoms with E-state index in [2.05, 4.69) is 10.3 Å². The highest BCUT2D eigenvalue weighted by atomic mass is 16.3. The highest BCUT2D eigenvalue weighted by Crippen LogP contribution is 2.36. The summed E-state index contributed by atoms with van der Waals surface area (Å²) >= 11 is 0. The maximum atomic E-state index is 12.9. The summed E-state index contributed by atoms with van der Waals surface area (Å²) in [5, 5.41) is 2.83. The van der Waals surface area contributed by atoms with Crippen LogP contribution in [0.2, 0.25) is 0 Å². The summed E-state index contributed by atoms with van der Waals surface area (Å²) in [5.41, 5.74) is 2.23. The van der Waals surface area contributed by atoms with Crippen molar-refractivity contribution in [1.29, 1.82) is 0 Å². The summed E-state index contributed by atoms with van der Waals surface area (Å²) in [7, 11) is 1.67. The molecule has 7 heteroatoms. The summed E-state index contributed by atoms with van der Waals surface area (Å²) in [6.07, 6.45) is 4.97. The number of nitrogens with zero attached hydrogens (tertiary/aromatic N) is 3. The minimum Gasteiger partial charge on any atom is -0.467 e. The SMILES string of the molecule is CN1C(=O)NC(c2ccco2)C2=C1CN(Cc1cccnc1)C2=O. The topological polar surface area (TPSA) is 78.7 Å². The zero-order valence-corrected chi connectivity index (χ0v) is 13.1. The summed E-state index contributed by atoms with van der Waals surface area (Å²) in [6.45, 7) is 0.844. The van der Waals surface area contributed by atoms with E-state index in [1.165, 1.54) is 11.2 Å². The van der Waals surface area contributed by atoms with Crippen molar-refractivity contribution in [3.05, 3.63) is 65.5 Å². The standard InChI is InChI=1S/C17H16N4O3/c1-20-12-10-21(9-11-4-2-6-18-8-11)16(22)14(12)15(19-17(20)23)13-5-3-7-24-13/h2-8,15H,9-10H2,1H3,(H,19,23). The van der Waals surface area contributed by atoms with E-state index in [1.54, 1.807) is 36.5 Å². The fraction of sp³-hybridized carbons (Fsp3) is 0.235. The van der Waals surface area contributed by atoms with Gasteiger partial charge in [-0.1, -0.05) is 6.07 Å². The molecule has 3 amide bonds. The largest absolute Gasteiger partial charge is 0.467 e. The summed E-state index contributed by atoms with van der Waals surface area (Å²) in [6, 6.07) is 6.47. The highest BCUT2D eigenvalue weighted by molar-refractivity contribution is 6.01. The van der Waals surface area contributed by atoms with Crippen LogP contribution < -0.4 is 5.32 Å². The number of rotatable bonds is 3. The number of likely N-dealkylation sites (N-methyl/N-ethyl adjacent to an activating group) is 1. The molecule has 7 nitrogen and oxygen atoms in total. The maximum Gasteiger partial charge on any atom is 0.322 e. The Labute approximate surface area is 138 Å². The van der Waals surface area contributed by atoms with Crippen LogP contribution in [0.15, 0.2) is 58.6 Å². The first-order chi connectivity index (χ1) is 11.6. The van der Waals surface area contributed by atoms with Gasteiger partial charge in [-0.2, -0.15) is 0 Å². The molecular formula is C17H16N4O3. The van der Waals surface area contributed by atoms with Gasteiger partial charge in [-0.05, 0) is 23.8 Å². The van der Waals surface area contributed by atoms with Gasteiger partial charge in [0.05, 0.1) is 24.1 Å². The van der Waals surface area contributed by atoms with Crippen molar-refractivity contribution in [3.8, 4) is 0 Å². The molecule has 0 aliphatic carbocycles. The molecule has 0 fully saturated rings. The van der Waals surface area contributed by atoms with Gasteiger partial charge in [0, 0.05) is 26.0 Å². The summed E-state index contributed by atoms with van der Waals surface area (Å²) in [5.74, 6) is 0.461. The molecule has 0 bridgehead atoms. The molecular weight excluding hydrogens is 308 g/mol. The van der Waals surface area contributed by atoms with Crippen LogP contribution in [0.1, 0.15) is 17.4 Å². The highest BCUT2D eigenvalue weighted by Gasteiger charge is 2.43. The third kappa shape index (κ3) is 2.25. The second-order valence-corrected chi connectivity index (χ2v) is 5.84. The zero-order chi connectivity index (χ0) is 16.7. The summed E-state index contributed by atoms with van der Waals surface area (Å²) in [4.78, 5) is 32.4. The predicted molar refractivity (Wildman–Crippen MR) is 84.4 cm³/mol. The molecule has 2 aromatic heterocycles. The Kier molecular flexibility index (Phi) is 3.34. The van der Waals surface area contributed by atoms with Crippen molar-refractivity contribution in [2.24, 2.45) is 0 Å². The Morgan fingerprint density at radius 2 is 2.21 bits per heavy atom. The number of furan rings is 1. The molecule has 1 N–H and O–H groups in total. The van der Waals surface area contributed by atoms with E-state index in [0.29, 0.717) is 30.1 Å². The molecule has 2 aliphatic heterocycles. The Bertz CT molecular complexity index is 814. The number of pyridine rings is 1. The van der Waals surface area contributed by atoms with Crippen LogP contribution in [0.3, 0.4) is 0 Å². The van der Waals surface area contributed by atoms with Gasteiger partial charge in [0.15, 0.2) is 0 Å². The van der Waals surface area contributed by atoms with Crippen molar-refractivity contribution < 1.29 is 14.0 Å². The average Bonchev–Trinajstić information content (AvgIpc) is 3.22. The molecule has 0 radical (unpaired) electrons. The number of hydrogen-bond donors (Lipinski definition) is 1. The van der Waals surface area contributed by atoms with Gasteiger partial charge in [0.1, 0.15) is 11.8 Å². The van der Waals surface area contributed by atoms with Crippen LogP contribution in [0.4, 0.5) is 4.79 Å². The fourth-order valence-electron chi connectivity index (χ4n) is 3.13. The van der Waals surface area contributed by atoms with Gasteiger partial charge in [0.2, 0.25) is 0 Å². The van der Waals surface area contributed by atoms with E-state index < -0.39 is 6.04 Å². The lowest BCUT2D eigenvalue weighted by Crippen LogP contribution is -2.45. The van der Waals surface area contributed by atoms with Crippen LogP contribution in [0.25, 0.3) is 0 Å². The van der Waals surface area contributed by atoms with Gasteiger partial charge in [-0.25, -0.2) is 4.79 Å². The number of carbonyl (C=O) groups is 2. The monoisotopic (exact) mass is 324 g/mol. The average molecular weight is 324 g/mol. The molecule has 2 aromatic rings. The number of urea groups is 1. The maximum absolute atomic E-state index is 12.9. The van der Waals surface area contributed by atoms with Gasteiger partial charge < -0.3 is 14.6 Å². The Balaban J connectivity index is 1.67. The summed E-state index contributed by atoms with van der Waals surface area (Å²) < 4.78 is 5.42. The molecule has 0 spiro atoms. The zero-order valence-electron chi connectivity index (χ0n) is 13.1. The molecule has 0 saturated carbocycles. The Morgan fingerprint density at radius 1 is 1.33 bits per heavy atom. The van der Waals surface area contributed by atoms with Gasteiger partial charge >= 0.3 is 6.03 Å². The first kappa shape index (κ1) is 14.5. The van der Waals surface area contributed by atoms with Crippen molar-refractivity contribution in [2.45, 2.75) is 12.6 Å². The van der Waals surface area contributed by atoms with E-state index in [4.69, 9.17) is 4.42 Å². The van der Waals surface area contributed by atoms with Crippen molar-refractivity contribution in [2.75, 3.05) is 13.6 Å². The van der Waals surface area contributed by atoms with Crippen LogP contribution in [0.5, 0.6) is 0 Å². The molecule has 4 heterocycles. The molecule has 122 valence electrons. The number of hydrogen-bond acceptors (Lipinski definition) is 4. The quantitative estimate of drug-likeness (QED) is 0.931. The second-order valence-electron chi connectivity index (χ2n) is 5.84. The van der Waals surface area contributed by atoms with Crippen LogP contribution in [-0.4, -0.2) is 40.3 Å². The lowest BCUT2D eigenvalue weighted by atomic mass is 10.0. The van der Waals surface area contributed by atoms with E-state index in [1.807, 2.05) is 12.1 Å². The van der Waals surface area contributed by atoms with Crippen LogP contribution in [-0.2, 0) is 11.3 Å².